The molecule has 0 bridgehead atoms. The molecule has 8 nitrogen and oxygen atoms in total. The van der Waals surface area contributed by atoms with E-state index in [1.54, 1.807) is 26.2 Å². The van der Waals surface area contributed by atoms with E-state index < -0.39 is 53.5 Å². The number of cyclic esters (lactones) is 1. The fourth-order valence-electron chi connectivity index (χ4n) is 4.90. The minimum atomic E-state index is -1.36. The number of ketones is 1. The number of epoxide rings is 1. The van der Waals surface area contributed by atoms with Crippen molar-refractivity contribution in [2.75, 3.05) is 0 Å². The van der Waals surface area contributed by atoms with Crippen LogP contribution in [0.15, 0.2) is 11.2 Å². The van der Waals surface area contributed by atoms with Gasteiger partial charge in [0.05, 0.1) is 41.4 Å². The first kappa shape index (κ1) is 28.8. The third kappa shape index (κ3) is 6.58. The predicted octanol–water partition coefficient (Wildman–Crippen LogP) is 3.53. The highest BCUT2D eigenvalue weighted by Crippen LogP contribution is 2.45. The first-order chi connectivity index (χ1) is 16.8. The van der Waals surface area contributed by atoms with Gasteiger partial charge in [-0.25, -0.2) is 9.37 Å². The van der Waals surface area contributed by atoms with E-state index in [4.69, 9.17) is 15.2 Å². The van der Waals surface area contributed by atoms with Crippen molar-refractivity contribution >= 4 is 29.2 Å². The second-order valence-corrected chi connectivity index (χ2v) is 11.9. The Bertz CT molecular complexity index is 981. The number of Topliss-reactive ketones (excluding diaryl/α,β-unsaturated/α-hetero) is 1. The van der Waals surface area contributed by atoms with Crippen molar-refractivity contribution in [1.82, 2.24) is 4.98 Å². The number of rotatable bonds is 3. The molecule has 3 heterocycles. The predicted molar refractivity (Wildman–Crippen MR) is 134 cm³/mol. The third-order valence-corrected chi connectivity index (χ3v) is 8.63. The number of ether oxygens (including phenoxy) is 2. The van der Waals surface area contributed by atoms with Crippen LogP contribution in [0.3, 0.4) is 0 Å². The molecule has 2 saturated heterocycles. The minimum Gasteiger partial charge on any atom is -0.455 e. The molecule has 0 aliphatic carbocycles. The van der Waals surface area contributed by atoms with Crippen molar-refractivity contribution in [2.24, 2.45) is 23.0 Å². The van der Waals surface area contributed by atoms with E-state index in [1.165, 1.54) is 17.4 Å². The first-order valence-electron chi connectivity index (χ1n) is 12.6. The average molecular weight is 527 g/mol. The Balaban J connectivity index is 1.85. The lowest BCUT2D eigenvalue weighted by Crippen LogP contribution is -2.45. The van der Waals surface area contributed by atoms with Crippen LogP contribution in [0.25, 0.3) is 6.08 Å². The van der Waals surface area contributed by atoms with E-state index in [0.717, 1.165) is 6.42 Å². The van der Waals surface area contributed by atoms with Gasteiger partial charge in [-0.3, -0.25) is 9.59 Å². The van der Waals surface area contributed by atoms with Crippen LogP contribution in [0.4, 0.5) is 4.39 Å². The molecular weight excluding hydrogens is 487 g/mol. The second-order valence-electron chi connectivity index (χ2n) is 11.0. The van der Waals surface area contributed by atoms with Gasteiger partial charge in [-0.05, 0) is 31.8 Å². The summed E-state index contributed by atoms with van der Waals surface area (Å²) >= 11 is 1.31. The maximum absolute atomic E-state index is 15.3. The molecule has 10 heteroatoms. The summed E-state index contributed by atoms with van der Waals surface area (Å²) in [5, 5.41) is 23.9. The highest BCUT2D eigenvalue weighted by atomic mass is 32.1. The van der Waals surface area contributed by atoms with Crippen molar-refractivity contribution in [3.63, 3.8) is 0 Å². The third-order valence-electron chi connectivity index (χ3n) is 7.74. The quantitative estimate of drug-likeness (QED) is 0.402. The Kier molecular flexibility index (Phi) is 9.09. The molecule has 0 unspecified atom stereocenters. The zero-order valence-electron chi connectivity index (χ0n) is 21.7. The molecule has 2 aliphatic rings. The Morgan fingerprint density at radius 2 is 2.00 bits per heavy atom. The number of aromatic nitrogens is 1. The van der Waals surface area contributed by atoms with E-state index >= 15 is 4.39 Å². The minimum absolute atomic E-state index is 0.117. The van der Waals surface area contributed by atoms with E-state index in [-0.39, 0.29) is 30.8 Å². The molecule has 1 aromatic heterocycles. The molecule has 4 N–H and O–H groups in total. The summed E-state index contributed by atoms with van der Waals surface area (Å²) in [5.41, 5.74) is 4.18. The number of nitrogens with two attached hydrogens (primary N) is 1. The standard InChI is InChI=1S/C26H39FN2O6S/c1-14-7-6-8-26(5)20(35-26)10-18(17(27)9-16-13-36-21(12-28)29-16)34-22(31)11-19(30)25(3,4)24(33)15(2)23(14)32/h9,13-15,18-20,23,30,32H,6-8,10-12,28H2,1-5H3/b17-9-/t14-,15+,18-,19-,20-,23-,26+/m0/s1. The number of carbonyl (C=O) groups excluding carboxylic acids is 2. The number of thiazole rings is 1. The van der Waals surface area contributed by atoms with Gasteiger partial charge in [-0.1, -0.05) is 34.1 Å². The van der Waals surface area contributed by atoms with Gasteiger partial charge in [-0.15, -0.1) is 11.3 Å². The van der Waals surface area contributed by atoms with Gasteiger partial charge in [0, 0.05) is 24.3 Å². The van der Waals surface area contributed by atoms with Crippen LogP contribution in [0.2, 0.25) is 0 Å². The van der Waals surface area contributed by atoms with Gasteiger partial charge in [0.15, 0.2) is 6.10 Å². The Morgan fingerprint density at radius 3 is 2.64 bits per heavy atom. The lowest BCUT2D eigenvalue weighted by atomic mass is 9.73. The lowest BCUT2D eigenvalue weighted by molar-refractivity contribution is -0.155. The summed E-state index contributed by atoms with van der Waals surface area (Å²) in [6.45, 7) is 8.82. The first-order valence-corrected chi connectivity index (χ1v) is 13.5. The van der Waals surface area contributed by atoms with Gasteiger partial charge in [0.1, 0.15) is 16.6 Å². The fourth-order valence-corrected chi connectivity index (χ4v) is 5.54. The molecule has 2 fully saturated rings. The number of aliphatic hydroxyl groups is 2. The normalized spacial score (nSPS) is 36.8. The van der Waals surface area contributed by atoms with Crippen molar-refractivity contribution in [2.45, 2.75) is 103 Å². The molecular formula is C26H39FN2O6S. The number of aliphatic hydroxyl groups excluding tert-OH is 2. The number of hydrogen-bond donors (Lipinski definition) is 3. The Labute approximate surface area is 216 Å². The molecule has 0 aromatic carbocycles. The van der Waals surface area contributed by atoms with Gasteiger partial charge < -0.3 is 25.4 Å². The highest BCUT2D eigenvalue weighted by Gasteiger charge is 2.53. The molecule has 0 radical (unpaired) electrons. The number of nitrogens with zero attached hydrogens (tertiary/aromatic N) is 1. The van der Waals surface area contributed by atoms with Crippen molar-refractivity contribution < 1.29 is 33.7 Å². The monoisotopic (exact) mass is 526 g/mol. The van der Waals surface area contributed by atoms with Crippen LogP contribution in [-0.2, 0) is 25.6 Å². The van der Waals surface area contributed by atoms with E-state index in [2.05, 4.69) is 4.98 Å². The maximum Gasteiger partial charge on any atom is 0.309 e. The number of carbonyl (C=O) groups is 2. The molecule has 1 aromatic rings. The summed E-state index contributed by atoms with van der Waals surface area (Å²) in [5.74, 6) is -2.70. The van der Waals surface area contributed by atoms with Gasteiger partial charge in [0.2, 0.25) is 0 Å². The van der Waals surface area contributed by atoms with Crippen LogP contribution < -0.4 is 5.73 Å². The Hall–Kier alpha value is -1.72. The average Bonchev–Trinajstić information content (AvgIpc) is 3.23. The summed E-state index contributed by atoms with van der Waals surface area (Å²) in [6.07, 6.45) is -0.776. The Morgan fingerprint density at radius 1 is 1.31 bits per heavy atom. The number of halogens is 1. The molecule has 0 spiro atoms. The van der Waals surface area contributed by atoms with Crippen LogP contribution in [0.1, 0.15) is 77.4 Å². The summed E-state index contributed by atoms with van der Waals surface area (Å²) < 4.78 is 26.7. The van der Waals surface area contributed by atoms with E-state index in [0.29, 0.717) is 23.5 Å². The van der Waals surface area contributed by atoms with Crippen LogP contribution in [-0.4, -0.2) is 57.0 Å². The molecule has 36 heavy (non-hydrogen) atoms. The highest BCUT2D eigenvalue weighted by molar-refractivity contribution is 7.09. The van der Waals surface area contributed by atoms with Crippen molar-refractivity contribution in [3.05, 3.63) is 21.9 Å². The molecule has 3 rings (SSSR count). The number of hydrogen-bond acceptors (Lipinski definition) is 9. The van der Waals surface area contributed by atoms with Crippen LogP contribution in [0.5, 0.6) is 0 Å². The van der Waals surface area contributed by atoms with Gasteiger partial charge in [0.25, 0.3) is 0 Å². The van der Waals surface area contributed by atoms with Crippen LogP contribution in [0, 0.1) is 17.3 Å². The summed E-state index contributed by atoms with van der Waals surface area (Å²) in [4.78, 5) is 30.2. The van der Waals surface area contributed by atoms with Crippen molar-refractivity contribution in [3.8, 4) is 0 Å². The molecule has 0 saturated carbocycles. The molecule has 202 valence electrons. The largest absolute Gasteiger partial charge is 0.455 e. The van der Waals surface area contributed by atoms with E-state index in [9.17, 15) is 19.8 Å². The fraction of sp³-hybridized carbons (Fsp3) is 0.731. The zero-order valence-corrected chi connectivity index (χ0v) is 22.5. The molecule has 2 aliphatic heterocycles. The summed E-state index contributed by atoms with van der Waals surface area (Å²) in [6, 6.07) is 0. The molecule has 7 atom stereocenters. The van der Waals surface area contributed by atoms with Crippen LogP contribution >= 0.6 is 11.3 Å². The van der Waals surface area contributed by atoms with Crippen molar-refractivity contribution in [1.29, 1.82) is 0 Å². The smallest absolute Gasteiger partial charge is 0.309 e. The van der Waals surface area contributed by atoms with E-state index in [1.807, 2.05) is 13.8 Å². The van der Waals surface area contributed by atoms with Gasteiger partial charge in [-0.2, -0.15) is 0 Å². The zero-order chi connectivity index (χ0) is 26.8. The second kappa shape index (κ2) is 11.3. The maximum atomic E-state index is 15.3. The van der Waals surface area contributed by atoms with Gasteiger partial charge >= 0.3 is 5.97 Å². The number of fused-ring (bicyclic) bond motifs is 1. The SMILES string of the molecule is C[C@H]1CCC[C@@]2(C)O[C@H]2C[C@@H](/C(F)=C/c2csc(CN)n2)OC(=O)C[C@H](O)C(C)(C)C(=O)[C@H](C)[C@H]1O. The topological polar surface area (TPSA) is 135 Å². The number of esters is 1. The molecule has 0 amide bonds. The summed E-state index contributed by atoms with van der Waals surface area (Å²) in [7, 11) is 0. The lowest BCUT2D eigenvalue weighted by Gasteiger charge is -2.34.